The van der Waals surface area contributed by atoms with Gasteiger partial charge in [-0.1, -0.05) is 6.92 Å². The fourth-order valence-corrected chi connectivity index (χ4v) is 2.43. The zero-order valence-corrected chi connectivity index (χ0v) is 16.0. The van der Waals surface area contributed by atoms with E-state index in [1.807, 2.05) is 6.92 Å². The number of amides is 2. The van der Waals surface area contributed by atoms with Crippen LogP contribution >= 0.6 is 0 Å². The lowest BCUT2D eigenvalue weighted by atomic mass is 10.1. The Labute approximate surface area is 159 Å². The molecule has 0 aliphatic heterocycles. The molecule has 0 aliphatic carbocycles. The monoisotopic (exact) mass is 381 g/mol. The predicted octanol–water partition coefficient (Wildman–Crippen LogP) is 0.0680. The van der Waals surface area contributed by atoms with E-state index in [4.69, 9.17) is 10.5 Å². The van der Waals surface area contributed by atoms with Crippen molar-refractivity contribution < 1.29 is 19.1 Å². The number of Topliss-reactive ketones (excluding diaryl/α,β-unsaturated/α-hetero) is 1. The molecule has 0 saturated heterocycles. The summed E-state index contributed by atoms with van der Waals surface area (Å²) in [6.45, 7) is 3.24. The SMILES string of the molecule is CCCOCC(=O)NCCCC[C@H](NCC(=O)CCc1cnc[nH]1)C(N)=O. The third-order valence-corrected chi connectivity index (χ3v) is 3.94. The number of carbonyl (C=O) groups excluding carboxylic acids is 3. The number of ether oxygens (including phenoxy) is 1. The summed E-state index contributed by atoms with van der Waals surface area (Å²) in [5.74, 6) is -0.612. The molecule has 1 atom stereocenters. The summed E-state index contributed by atoms with van der Waals surface area (Å²) >= 11 is 0. The normalized spacial score (nSPS) is 11.9. The number of aromatic nitrogens is 2. The van der Waals surface area contributed by atoms with E-state index >= 15 is 0 Å². The van der Waals surface area contributed by atoms with Crippen LogP contribution in [0.4, 0.5) is 0 Å². The number of ketones is 1. The van der Waals surface area contributed by atoms with Crippen molar-refractivity contribution in [1.29, 1.82) is 0 Å². The minimum absolute atomic E-state index is 0.00944. The lowest BCUT2D eigenvalue weighted by Gasteiger charge is -2.15. The summed E-state index contributed by atoms with van der Waals surface area (Å²) in [4.78, 5) is 41.8. The Hall–Kier alpha value is -2.26. The highest BCUT2D eigenvalue weighted by molar-refractivity contribution is 5.83. The number of imidazole rings is 1. The maximum absolute atomic E-state index is 11.9. The fraction of sp³-hybridized carbons (Fsp3) is 0.667. The minimum atomic E-state index is -0.551. The Morgan fingerprint density at radius 3 is 2.81 bits per heavy atom. The molecule has 1 aromatic rings. The van der Waals surface area contributed by atoms with Crippen molar-refractivity contribution >= 4 is 17.6 Å². The van der Waals surface area contributed by atoms with E-state index in [-0.39, 0.29) is 24.8 Å². The van der Waals surface area contributed by atoms with Gasteiger partial charge < -0.3 is 20.8 Å². The summed E-state index contributed by atoms with van der Waals surface area (Å²) in [5.41, 5.74) is 6.29. The van der Waals surface area contributed by atoms with Crippen molar-refractivity contribution in [2.75, 3.05) is 26.3 Å². The van der Waals surface area contributed by atoms with Gasteiger partial charge in [0.05, 0.1) is 18.9 Å². The molecule has 0 saturated carbocycles. The molecule has 1 rings (SSSR count). The van der Waals surface area contributed by atoms with Gasteiger partial charge in [-0.05, 0) is 32.1 Å². The number of aryl methyl sites for hydroxylation is 1. The molecule has 9 nitrogen and oxygen atoms in total. The van der Waals surface area contributed by atoms with Gasteiger partial charge in [0.2, 0.25) is 11.8 Å². The first-order chi connectivity index (χ1) is 13.0. The van der Waals surface area contributed by atoms with Gasteiger partial charge in [0.15, 0.2) is 0 Å². The van der Waals surface area contributed by atoms with E-state index < -0.39 is 11.9 Å². The molecule has 1 aromatic heterocycles. The number of primary amides is 1. The number of nitrogens with two attached hydrogens (primary N) is 1. The number of hydrogen-bond acceptors (Lipinski definition) is 6. The maximum Gasteiger partial charge on any atom is 0.245 e. The molecule has 9 heteroatoms. The van der Waals surface area contributed by atoms with E-state index in [0.717, 1.165) is 18.5 Å². The quantitative estimate of drug-likeness (QED) is 0.299. The predicted molar refractivity (Wildman–Crippen MR) is 101 cm³/mol. The highest BCUT2D eigenvalue weighted by atomic mass is 16.5. The van der Waals surface area contributed by atoms with Gasteiger partial charge in [0.1, 0.15) is 12.4 Å². The van der Waals surface area contributed by atoms with Crippen LogP contribution in [0.3, 0.4) is 0 Å². The number of carbonyl (C=O) groups is 3. The van der Waals surface area contributed by atoms with Gasteiger partial charge in [-0.3, -0.25) is 19.7 Å². The summed E-state index contributed by atoms with van der Waals surface area (Å²) in [6, 6.07) is -0.551. The van der Waals surface area contributed by atoms with E-state index in [9.17, 15) is 14.4 Å². The topological polar surface area (TPSA) is 139 Å². The standard InChI is InChI=1S/C18H31N5O4/c1-2-9-27-12-17(25)21-8-4-3-5-16(18(19)26)22-11-15(24)7-6-14-10-20-13-23-14/h10,13,16,22H,2-9,11-12H2,1H3,(H2,19,26)(H,20,23)(H,21,25)/t16-/m0/s1. The number of H-pyrrole nitrogens is 1. The van der Waals surface area contributed by atoms with Crippen LogP contribution in [-0.4, -0.2) is 59.9 Å². The van der Waals surface area contributed by atoms with Crippen LogP contribution in [0.2, 0.25) is 0 Å². The second-order valence-electron chi connectivity index (χ2n) is 6.35. The summed E-state index contributed by atoms with van der Waals surface area (Å²) in [5, 5.41) is 5.69. The van der Waals surface area contributed by atoms with Gasteiger partial charge in [-0.25, -0.2) is 4.98 Å². The molecule has 0 radical (unpaired) electrons. The largest absolute Gasteiger partial charge is 0.372 e. The summed E-state index contributed by atoms with van der Waals surface area (Å²) < 4.78 is 5.15. The summed E-state index contributed by atoms with van der Waals surface area (Å²) in [6.07, 6.45) is 7.03. The lowest BCUT2D eigenvalue weighted by Crippen LogP contribution is -2.43. The molecule has 1 heterocycles. The van der Waals surface area contributed by atoms with Crippen LogP contribution in [0.1, 0.15) is 44.7 Å². The number of rotatable bonds is 16. The second kappa shape index (κ2) is 13.9. The number of unbranched alkanes of at least 4 members (excludes halogenated alkanes) is 1. The Morgan fingerprint density at radius 1 is 1.33 bits per heavy atom. The van der Waals surface area contributed by atoms with E-state index in [0.29, 0.717) is 38.8 Å². The summed E-state index contributed by atoms with van der Waals surface area (Å²) in [7, 11) is 0. The first-order valence-corrected chi connectivity index (χ1v) is 9.39. The van der Waals surface area contributed by atoms with Gasteiger partial charge in [-0.15, -0.1) is 0 Å². The molecule has 0 spiro atoms. The maximum atomic E-state index is 11.9. The van der Waals surface area contributed by atoms with Crippen LogP contribution < -0.4 is 16.4 Å². The number of hydrogen-bond donors (Lipinski definition) is 4. The van der Waals surface area contributed by atoms with Gasteiger partial charge in [0, 0.05) is 31.5 Å². The van der Waals surface area contributed by atoms with Crippen LogP contribution in [0.5, 0.6) is 0 Å². The van der Waals surface area contributed by atoms with E-state index in [2.05, 4.69) is 20.6 Å². The van der Waals surface area contributed by atoms with Crippen LogP contribution in [0, 0.1) is 0 Å². The molecule has 2 amide bonds. The Balaban J connectivity index is 2.13. The number of nitrogens with one attached hydrogen (secondary N) is 3. The van der Waals surface area contributed by atoms with Gasteiger partial charge in [-0.2, -0.15) is 0 Å². The fourth-order valence-electron chi connectivity index (χ4n) is 2.43. The van der Waals surface area contributed by atoms with E-state index in [1.54, 1.807) is 12.5 Å². The molecule has 0 unspecified atom stereocenters. The second-order valence-corrected chi connectivity index (χ2v) is 6.35. The van der Waals surface area contributed by atoms with E-state index in [1.165, 1.54) is 0 Å². The minimum Gasteiger partial charge on any atom is -0.372 e. The Kier molecular flexibility index (Phi) is 11.7. The molecule has 0 bridgehead atoms. The van der Waals surface area contributed by atoms with Crippen molar-refractivity contribution in [1.82, 2.24) is 20.6 Å². The molecule has 5 N–H and O–H groups in total. The average Bonchev–Trinajstić information content (AvgIpc) is 3.15. The van der Waals surface area contributed by atoms with Crippen molar-refractivity contribution in [3.05, 3.63) is 18.2 Å². The molecular formula is C18H31N5O4. The lowest BCUT2D eigenvalue weighted by molar-refractivity contribution is -0.126. The molecule has 152 valence electrons. The Bertz CT molecular complexity index is 562. The zero-order valence-electron chi connectivity index (χ0n) is 16.0. The molecule has 0 aromatic carbocycles. The molecule has 0 aliphatic rings. The third kappa shape index (κ3) is 11.1. The first-order valence-electron chi connectivity index (χ1n) is 9.39. The number of nitrogens with zero attached hydrogens (tertiary/aromatic N) is 1. The highest BCUT2D eigenvalue weighted by Gasteiger charge is 2.15. The molecule has 0 fully saturated rings. The van der Waals surface area contributed by atoms with Gasteiger partial charge >= 0.3 is 0 Å². The molecule has 27 heavy (non-hydrogen) atoms. The average molecular weight is 381 g/mol. The van der Waals surface area contributed by atoms with Crippen molar-refractivity contribution in [3.8, 4) is 0 Å². The Morgan fingerprint density at radius 2 is 2.15 bits per heavy atom. The van der Waals surface area contributed by atoms with Gasteiger partial charge in [0.25, 0.3) is 0 Å². The number of aromatic amines is 1. The van der Waals surface area contributed by atoms with Crippen molar-refractivity contribution in [2.24, 2.45) is 5.73 Å². The van der Waals surface area contributed by atoms with Crippen LogP contribution in [0.25, 0.3) is 0 Å². The molecular weight excluding hydrogens is 350 g/mol. The third-order valence-electron chi connectivity index (χ3n) is 3.94. The first kappa shape index (κ1) is 22.8. The van der Waals surface area contributed by atoms with Crippen LogP contribution in [0.15, 0.2) is 12.5 Å². The zero-order chi connectivity index (χ0) is 19.9. The van der Waals surface area contributed by atoms with Crippen LogP contribution in [-0.2, 0) is 25.5 Å². The van der Waals surface area contributed by atoms with Crippen molar-refractivity contribution in [2.45, 2.75) is 51.5 Å². The smallest absolute Gasteiger partial charge is 0.245 e. The highest BCUT2D eigenvalue weighted by Crippen LogP contribution is 2.02. The van der Waals surface area contributed by atoms with Crippen molar-refractivity contribution in [3.63, 3.8) is 0 Å².